The van der Waals surface area contributed by atoms with Gasteiger partial charge in [-0.15, -0.1) is 0 Å². The molecule has 8 heteroatoms. The van der Waals surface area contributed by atoms with Crippen molar-refractivity contribution in [2.75, 3.05) is 23.4 Å². The lowest BCUT2D eigenvalue weighted by Gasteiger charge is -2.26. The largest absolute Gasteiger partial charge is 0.330 e. The third-order valence-electron chi connectivity index (χ3n) is 3.92. The van der Waals surface area contributed by atoms with E-state index in [1.807, 2.05) is 0 Å². The van der Waals surface area contributed by atoms with E-state index in [-0.39, 0.29) is 29.7 Å². The summed E-state index contributed by atoms with van der Waals surface area (Å²) < 4.78 is 23.2. The van der Waals surface area contributed by atoms with Crippen LogP contribution in [0.4, 0.5) is 5.69 Å². The van der Waals surface area contributed by atoms with Crippen LogP contribution < -0.4 is 5.32 Å². The van der Waals surface area contributed by atoms with E-state index in [9.17, 15) is 22.8 Å². The van der Waals surface area contributed by atoms with Crippen LogP contribution in [0.3, 0.4) is 0 Å². The lowest BCUT2D eigenvalue weighted by atomic mass is 10.1. The van der Waals surface area contributed by atoms with Crippen LogP contribution in [0.25, 0.3) is 0 Å². The zero-order valence-electron chi connectivity index (χ0n) is 13.6. The van der Waals surface area contributed by atoms with Gasteiger partial charge in [-0.05, 0) is 25.5 Å². The van der Waals surface area contributed by atoms with Gasteiger partial charge in [0.15, 0.2) is 15.6 Å². The third kappa shape index (κ3) is 4.64. The van der Waals surface area contributed by atoms with Crippen LogP contribution in [0.15, 0.2) is 24.3 Å². The fraction of sp³-hybridized carbons (Fsp3) is 0.438. The van der Waals surface area contributed by atoms with E-state index in [2.05, 4.69) is 5.32 Å². The SMILES string of the molecule is CC(=O)c1cccc(NC(=O)CN(C(C)=O)C2CCS(=O)(=O)C2)c1. The molecule has 1 aliphatic rings. The molecule has 130 valence electrons. The molecule has 1 heterocycles. The van der Waals surface area contributed by atoms with Gasteiger partial charge in [-0.1, -0.05) is 12.1 Å². The van der Waals surface area contributed by atoms with Gasteiger partial charge in [0, 0.05) is 24.2 Å². The number of anilines is 1. The Morgan fingerprint density at radius 2 is 1.96 bits per heavy atom. The maximum atomic E-state index is 12.2. The topological polar surface area (TPSA) is 101 Å². The van der Waals surface area contributed by atoms with Gasteiger partial charge in [-0.2, -0.15) is 0 Å². The van der Waals surface area contributed by atoms with E-state index in [0.717, 1.165) is 0 Å². The van der Waals surface area contributed by atoms with Gasteiger partial charge in [0.2, 0.25) is 11.8 Å². The molecule has 0 bridgehead atoms. The molecule has 0 spiro atoms. The molecule has 1 N–H and O–H groups in total. The summed E-state index contributed by atoms with van der Waals surface area (Å²) in [5.74, 6) is -0.976. The molecule has 0 radical (unpaired) electrons. The van der Waals surface area contributed by atoms with Crippen LogP contribution in [0.2, 0.25) is 0 Å². The van der Waals surface area contributed by atoms with Crippen LogP contribution in [0.5, 0.6) is 0 Å². The Hall–Kier alpha value is -2.22. The molecular formula is C16H20N2O5S. The lowest BCUT2D eigenvalue weighted by molar-refractivity contribution is -0.134. The van der Waals surface area contributed by atoms with Crippen LogP contribution in [-0.4, -0.2) is 55.0 Å². The Balaban J connectivity index is 2.05. The molecule has 1 unspecified atom stereocenters. The number of benzene rings is 1. The van der Waals surface area contributed by atoms with Crippen molar-refractivity contribution < 1.29 is 22.8 Å². The second kappa shape index (κ2) is 7.12. The average molecular weight is 352 g/mol. The van der Waals surface area contributed by atoms with E-state index in [0.29, 0.717) is 17.7 Å². The second-order valence-electron chi connectivity index (χ2n) is 5.89. The Kier molecular flexibility index (Phi) is 5.38. The number of nitrogens with zero attached hydrogens (tertiary/aromatic N) is 1. The van der Waals surface area contributed by atoms with Crippen molar-refractivity contribution in [3.63, 3.8) is 0 Å². The number of rotatable bonds is 5. The summed E-state index contributed by atoms with van der Waals surface area (Å²) in [6.07, 6.45) is 0.342. The zero-order valence-corrected chi connectivity index (χ0v) is 14.4. The van der Waals surface area contributed by atoms with Crippen LogP contribution in [0.1, 0.15) is 30.6 Å². The summed E-state index contributed by atoms with van der Waals surface area (Å²) >= 11 is 0. The van der Waals surface area contributed by atoms with Crippen molar-refractivity contribution in [2.45, 2.75) is 26.3 Å². The molecule has 24 heavy (non-hydrogen) atoms. The maximum absolute atomic E-state index is 12.2. The highest BCUT2D eigenvalue weighted by atomic mass is 32.2. The van der Waals surface area contributed by atoms with Crippen molar-refractivity contribution in [2.24, 2.45) is 0 Å². The minimum absolute atomic E-state index is 0.0315. The number of amides is 2. The monoisotopic (exact) mass is 352 g/mol. The zero-order chi connectivity index (χ0) is 17.9. The molecule has 1 saturated heterocycles. The van der Waals surface area contributed by atoms with Gasteiger partial charge in [0.05, 0.1) is 11.5 Å². The van der Waals surface area contributed by atoms with Crippen LogP contribution in [-0.2, 0) is 19.4 Å². The predicted octanol–water partition coefficient (Wildman–Crippen LogP) is 0.863. The van der Waals surface area contributed by atoms with Gasteiger partial charge in [-0.3, -0.25) is 14.4 Å². The number of Topliss-reactive ketones (excluding diaryl/α,β-unsaturated/α-hetero) is 1. The first kappa shape index (κ1) is 18.1. The Morgan fingerprint density at radius 1 is 1.25 bits per heavy atom. The van der Waals surface area contributed by atoms with E-state index in [1.54, 1.807) is 24.3 Å². The van der Waals surface area contributed by atoms with Gasteiger partial charge in [0.1, 0.15) is 6.54 Å². The highest BCUT2D eigenvalue weighted by Crippen LogP contribution is 2.18. The average Bonchev–Trinajstić information content (AvgIpc) is 2.84. The van der Waals surface area contributed by atoms with E-state index >= 15 is 0 Å². The molecular weight excluding hydrogens is 332 g/mol. The summed E-state index contributed by atoms with van der Waals surface area (Å²) in [5, 5.41) is 2.63. The first-order chi connectivity index (χ1) is 11.2. The number of hydrogen-bond acceptors (Lipinski definition) is 5. The number of sulfone groups is 1. The molecule has 7 nitrogen and oxygen atoms in total. The summed E-state index contributed by atoms with van der Waals surface area (Å²) in [6, 6.07) is 6.02. The maximum Gasteiger partial charge on any atom is 0.244 e. The minimum Gasteiger partial charge on any atom is -0.330 e. The van der Waals surface area contributed by atoms with Crippen LogP contribution in [0, 0.1) is 0 Å². The number of nitrogens with one attached hydrogen (secondary N) is 1. The Morgan fingerprint density at radius 3 is 2.50 bits per heavy atom. The molecule has 1 aromatic rings. The first-order valence-corrected chi connectivity index (χ1v) is 9.38. The number of hydrogen-bond donors (Lipinski definition) is 1. The van der Waals surface area contributed by atoms with Crippen LogP contribution >= 0.6 is 0 Å². The van der Waals surface area contributed by atoms with Gasteiger partial charge in [0.25, 0.3) is 0 Å². The molecule has 0 aliphatic carbocycles. The molecule has 2 amide bonds. The van der Waals surface area contributed by atoms with E-state index < -0.39 is 21.8 Å². The summed E-state index contributed by atoms with van der Waals surface area (Å²) in [6.45, 7) is 2.52. The Bertz CT molecular complexity index is 772. The van der Waals surface area contributed by atoms with Crippen molar-refractivity contribution in [1.29, 1.82) is 0 Å². The summed E-state index contributed by atoms with van der Waals surface area (Å²) in [4.78, 5) is 36.6. The van der Waals surface area contributed by atoms with Gasteiger partial charge in [-0.25, -0.2) is 8.42 Å². The fourth-order valence-corrected chi connectivity index (χ4v) is 4.42. The first-order valence-electron chi connectivity index (χ1n) is 7.56. The van der Waals surface area contributed by atoms with Crippen molar-refractivity contribution >= 4 is 33.1 Å². The highest BCUT2D eigenvalue weighted by Gasteiger charge is 2.34. The molecule has 1 atom stereocenters. The van der Waals surface area contributed by atoms with E-state index in [1.165, 1.54) is 18.7 Å². The molecule has 1 fully saturated rings. The normalized spacial score (nSPS) is 18.8. The molecule has 0 aromatic heterocycles. The highest BCUT2D eigenvalue weighted by molar-refractivity contribution is 7.91. The molecule has 0 saturated carbocycles. The number of ketones is 1. The smallest absolute Gasteiger partial charge is 0.244 e. The quantitative estimate of drug-likeness (QED) is 0.792. The minimum atomic E-state index is -3.15. The second-order valence-corrected chi connectivity index (χ2v) is 8.12. The molecule has 2 rings (SSSR count). The molecule has 1 aliphatic heterocycles. The lowest BCUT2D eigenvalue weighted by Crippen LogP contribution is -2.44. The Labute approximate surface area is 140 Å². The van der Waals surface area contributed by atoms with E-state index in [4.69, 9.17) is 0 Å². The third-order valence-corrected chi connectivity index (χ3v) is 5.67. The standard InChI is InChI=1S/C16H20N2O5S/c1-11(19)13-4-3-5-14(8-13)17-16(21)9-18(12(2)20)15-6-7-24(22,23)10-15/h3-5,8,15H,6-7,9-10H2,1-2H3,(H,17,21). The van der Waals surface area contributed by atoms with Crippen molar-refractivity contribution in [1.82, 2.24) is 4.90 Å². The predicted molar refractivity (Wildman–Crippen MR) is 89.5 cm³/mol. The summed E-state index contributed by atoms with van der Waals surface area (Å²) in [5.41, 5.74) is 0.924. The van der Waals surface area contributed by atoms with Crippen molar-refractivity contribution in [3.05, 3.63) is 29.8 Å². The number of carbonyl (C=O) groups is 3. The van der Waals surface area contributed by atoms with Gasteiger partial charge >= 0.3 is 0 Å². The fourth-order valence-electron chi connectivity index (χ4n) is 2.69. The summed E-state index contributed by atoms with van der Waals surface area (Å²) in [7, 11) is -3.15. The molecule has 1 aromatic carbocycles. The number of carbonyl (C=O) groups excluding carboxylic acids is 3. The van der Waals surface area contributed by atoms with Gasteiger partial charge < -0.3 is 10.2 Å². The van der Waals surface area contributed by atoms with Crippen molar-refractivity contribution in [3.8, 4) is 0 Å².